The van der Waals surface area contributed by atoms with E-state index in [0.717, 1.165) is 25.7 Å². The molecule has 1 rings (SSSR count). The summed E-state index contributed by atoms with van der Waals surface area (Å²) in [6.45, 7) is 9.35. The van der Waals surface area contributed by atoms with E-state index in [2.05, 4.69) is 39.1 Å². The molecule has 0 aliphatic heterocycles. The summed E-state index contributed by atoms with van der Waals surface area (Å²) in [5.41, 5.74) is -0.613. The largest absolute Gasteiger partial charge is 0.354 e. The summed E-state index contributed by atoms with van der Waals surface area (Å²) in [4.78, 5) is 12.0. The molecule has 0 radical (unpaired) electrons. The van der Waals surface area contributed by atoms with Crippen molar-refractivity contribution in [3.05, 3.63) is 0 Å². The maximum atomic E-state index is 12.0. The minimum Gasteiger partial charge on any atom is -0.354 e. The molecule has 0 saturated heterocycles. The number of carbonyl (C=O) groups is 1. The zero-order valence-corrected chi connectivity index (χ0v) is 11.5. The van der Waals surface area contributed by atoms with Gasteiger partial charge >= 0.3 is 0 Å². The lowest BCUT2D eigenvalue weighted by Crippen LogP contribution is -2.47. The van der Waals surface area contributed by atoms with Crippen molar-refractivity contribution in [3.63, 3.8) is 0 Å². The molecule has 17 heavy (non-hydrogen) atoms. The fraction of sp³-hybridized carbons (Fsp3) is 0.857. The standard InChI is InChI=1S/C14H24N2O/c1-11(2)8-13(3,4)10-16-12(17)14(9-15)6-5-7-14/h11H,5-8,10H2,1-4H3,(H,16,17). The van der Waals surface area contributed by atoms with Crippen LogP contribution >= 0.6 is 0 Å². The molecule has 0 spiro atoms. The summed E-state index contributed by atoms with van der Waals surface area (Å²) in [6, 6.07) is 2.18. The molecule has 1 N–H and O–H groups in total. The highest BCUT2D eigenvalue weighted by molar-refractivity contribution is 5.86. The highest BCUT2D eigenvalue weighted by atomic mass is 16.2. The van der Waals surface area contributed by atoms with Crippen molar-refractivity contribution in [1.82, 2.24) is 5.32 Å². The zero-order chi connectivity index (χ0) is 13.1. The lowest BCUT2D eigenvalue weighted by molar-refractivity contribution is -0.132. The summed E-state index contributed by atoms with van der Waals surface area (Å²) in [7, 11) is 0. The first-order chi connectivity index (χ1) is 7.81. The summed E-state index contributed by atoms with van der Waals surface area (Å²) in [5.74, 6) is 0.554. The fourth-order valence-corrected chi connectivity index (χ4v) is 2.59. The van der Waals surface area contributed by atoms with E-state index < -0.39 is 5.41 Å². The third-order valence-corrected chi connectivity index (χ3v) is 3.54. The van der Waals surface area contributed by atoms with Crippen molar-refractivity contribution in [1.29, 1.82) is 5.26 Å². The molecule has 1 amide bonds. The number of rotatable bonds is 5. The Hall–Kier alpha value is -1.04. The molecule has 3 heteroatoms. The molecule has 1 aliphatic rings. The number of carbonyl (C=O) groups excluding carboxylic acids is 1. The van der Waals surface area contributed by atoms with Crippen molar-refractivity contribution in [3.8, 4) is 6.07 Å². The van der Waals surface area contributed by atoms with Gasteiger partial charge in [0.05, 0.1) is 6.07 Å². The summed E-state index contributed by atoms with van der Waals surface area (Å²) in [6.07, 6.45) is 3.52. The number of hydrogen-bond donors (Lipinski definition) is 1. The van der Waals surface area contributed by atoms with Crippen molar-refractivity contribution in [2.75, 3.05) is 6.54 Å². The molecule has 0 aromatic carbocycles. The third-order valence-electron chi connectivity index (χ3n) is 3.54. The topological polar surface area (TPSA) is 52.9 Å². The highest BCUT2D eigenvalue weighted by Gasteiger charge is 2.44. The number of nitrogens with zero attached hydrogens (tertiary/aromatic N) is 1. The second-order valence-electron chi connectivity index (χ2n) is 6.49. The van der Waals surface area contributed by atoms with Crippen molar-refractivity contribution in [2.24, 2.45) is 16.7 Å². The number of amides is 1. The number of hydrogen-bond acceptors (Lipinski definition) is 2. The minimum atomic E-state index is -0.714. The van der Waals surface area contributed by atoms with E-state index in [1.54, 1.807) is 0 Å². The van der Waals surface area contributed by atoms with Crippen molar-refractivity contribution in [2.45, 2.75) is 53.4 Å². The normalized spacial score (nSPS) is 18.4. The van der Waals surface area contributed by atoms with Crippen LogP contribution in [-0.2, 0) is 4.79 Å². The predicted molar refractivity (Wildman–Crippen MR) is 68.1 cm³/mol. The summed E-state index contributed by atoms with van der Waals surface area (Å²) >= 11 is 0. The Labute approximate surface area is 105 Å². The lowest BCUT2D eigenvalue weighted by atomic mass is 9.69. The number of nitrogens with one attached hydrogen (secondary N) is 1. The van der Waals surface area contributed by atoms with Crippen LogP contribution in [0.2, 0.25) is 0 Å². The Kier molecular flexibility index (Phi) is 4.19. The van der Waals surface area contributed by atoms with Crippen LogP contribution in [0.3, 0.4) is 0 Å². The van der Waals surface area contributed by atoms with Gasteiger partial charge in [-0.15, -0.1) is 0 Å². The molecule has 0 heterocycles. The predicted octanol–water partition coefficient (Wildman–Crippen LogP) is 2.87. The molecule has 0 unspecified atom stereocenters. The zero-order valence-electron chi connectivity index (χ0n) is 11.5. The van der Waals surface area contributed by atoms with E-state index in [0.29, 0.717) is 12.5 Å². The first kappa shape index (κ1) is 14.0. The fourth-order valence-electron chi connectivity index (χ4n) is 2.59. The van der Waals surface area contributed by atoms with Gasteiger partial charge < -0.3 is 5.32 Å². The Bertz CT molecular complexity index is 322. The maximum Gasteiger partial charge on any atom is 0.240 e. The Morgan fingerprint density at radius 2 is 2.06 bits per heavy atom. The Balaban J connectivity index is 2.46. The Morgan fingerprint density at radius 3 is 2.41 bits per heavy atom. The molecular formula is C14H24N2O. The van der Waals surface area contributed by atoms with Crippen LogP contribution < -0.4 is 5.32 Å². The molecule has 1 aliphatic carbocycles. The first-order valence-corrected chi connectivity index (χ1v) is 6.51. The van der Waals surface area contributed by atoms with Gasteiger partial charge in [-0.2, -0.15) is 5.26 Å². The SMILES string of the molecule is CC(C)CC(C)(C)CNC(=O)C1(C#N)CCC1. The molecular weight excluding hydrogens is 212 g/mol. The van der Waals surface area contributed by atoms with Gasteiger partial charge in [-0.3, -0.25) is 4.79 Å². The van der Waals surface area contributed by atoms with Crippen molar-refractivity contribution >= 4 is 5.91 Å². The van der Waals surface area contributed by atoms with Crippen LogP contribution in [0.25, 0.3) is 0 Å². The van der Waals surface area contributed by atoms with E-state index in [1.807, 2.05) is 0 Å². The molecule has 1 fully saturated rings. The second-order valence-corrected chi connectivity index (χ2v) is 6.49. The molecule has 1 saturated carbocycles. The van der Waals surface area contributed by atoms with Crippen LogP contribution in [0.5, 0.6) is 0 Å². The van der Waals surface area contributed by atoms with Crippen LogP contribution in [0.1, 0.15) is 53.4 Å². The van der Waals surface area contributed by atoms with Crippen LogP contribution in [0, 0.1) is 28.1 Å². The van der Waals surface area contributed by atoms with Gasteiger partial charge in [0.1, 0.15) is 5.41 Å². The van der Waals surface area contributed by atoms with Gasteiger partial charge in [-0.25, -0.2) is 0 Å². The van der Waals surface area contributed by atoms with Crippen LogP contribution in [0.4, 0.5) is 0 Å². The monoisotopic (exact) mass is 236 g/mol. The van der Waals surface area contributed by atoms with Crippen LogP contribution in [-0.4, -0.2) is 12.5 Å². The average Bonchev–Trinajstić information content (AvgIpc) is 2.12. The van der Waals surface area contributed by atoms with Gasteiger partial charge in [-0.1, -0.05) is 27.7 Å². The lowest BCUT2D eigenvalue weighted by Gasteiger charge is -2.35. The van der Waals surface area contributed by atoms with E-state index in [1.165, 1.54) is 0 Å². The highest BCUT2D eigenvalue weighted by Crippen LogP contribution is 2.40. The van der Waals surface area contributed by atoms with Crippen LogP contribution in [0.15, 0.2) is 0 Å². The second kappa shape index (κ2) is 5.08. The maximum absolute atomic E-state index is 12.0. The molecule has 0 aromatic rings. The summed E-state index contributed by atoms with van der Waals surface area (Å²) < 4.78 is 0. The average molecular weight is 236 g/mol. The van der Waals surface area contributed by atoms with E-state index >= 15 is 0 Å². The first-order valence-electron chi connectivity index (χ1n) is 6.51. The molecule has 0 bridgehead atoms. The molecule has 0 atom stereocenters. The van der Waals surface area contributed by atoms with E-state index in [-0.39, 0.29) is 11.3 Å². The Morgan fingerprint density at radius 1 is 1.47 bits per heavy atom. The summed E-state index contributed by atoms with van der Waals surface area (Å²) in [5, 5.41) is 12.0. The van der Waals surface area contributed by atoms with Gasteiger partial charge in [0.2, 0.25) is 5.91 Å². The molecule has 0 aromatic heterocycles. The quantitative estimate of drug-likeness (QED) is 0.798. The minimum absolute atomic E-state index is 0.0666. The molecule has 3 nitrogen and oxygen atoms in total. The molecule has 96 valence electrons. The van der Waals surface area contributed by atoms with Crippen molar-refractivity contribution < 1.29 is 4.79 Å². The number of nitriles is 1. The third kappa shape index (κ3) is 3.46. The van der Waals surface area contributed by atoms with Gasteiger partial charge in [0.15, 0.2) is 0 Å². The van der Waals surface area contributed by atoms with E-state index in [4.69, 9.17) is 5.26 Å². The van der Waals surface area contributed by atoms with E-state index in [9.17, 15) is 4.79 Å². The van der Waals surface area contributed by atoms with Gasteiger partial charge in [-0.05, 0) is 37.0 Å². The van der Waals surface area contributed by atoms with Gasteiger partial charge in [0.25, 0.3) is 0 Å². The van der Waals surface area contributed by atoms with Gasteiger partial charge in [0, 0.05) is 6.54 Å². The smallest absolute Gasteiger partial charge is 0.240 e.